The highest BCUT2D eigenvalue weighted by Gasteiger charge is 2.15. The van der Waals surface area contributed by atoms with E-state index in [4.69, 9.17) is 16.3 Å². The van der Waals surface area contributed by atoms with E-state index in [0.29, 0.717) is 6.10 Å². The fourth-order valence-electron chi connectivity index (χ4n) is 2.36. The Balaban J connectivity index is 1.85. The highest BCUT2D eigenvalue weighted by Crippen LogP contribution is 2.20. The zero-order valence-electron chi connectivity index (χ0n) is 11.2. The summed E-state index contributed by atoms with van der Waals surface area (Å²) in [5, 5.41) is 8.62. The molecule has 102 valence electrons. The Morgan fingerprint density at radius 1 is 1.50 bits per heavy atom. The van der Waals surface area contributed by atoms with Crippen LogP contribution < -0.4 is 5.32 Å². The zero-order chi connectivity index (χ0) is 13.0. The average molecular weight is 272 g/mol. The highest BCUT2D eigenvalue weighted by atomic mass is 35.5. The molecule has 1 saturated heterocycles. The van der Waals surface area contributed by atoms with Crippen LogP contribution in [0.2, 0.25) is 5.02 Å². The maximum absolute atomic E-state index is 6.26. The van der Waals surface area contributed by atoms with Gasteiger partial charge in [-0.15, -0.1) is 0 Å². The summed E-state index contributed by atoms with van der Waals surface area (Å²) in [6.07, 6.45) is 3.99. The molecule has 5 heteroatoms. The molecule has 1 aliphatic rings. The molecule has 1 aromatic rings. The van der Waals surface area contributed by atoms with E-state index in [1.807, 2.05) is 11.6 Å². The van der Waals surface area contributed by atoms with Crippen LogP contribution in [0.4, 0.5) is 0 Å². The molecule has 0 bridgehead atoms. The maximum Gasteiger partial charge on any atom is 0.0860 e. The lowest BCUT2D eigenvalue weighted by molar-refractivity contribution is 0.0167. The summed E-state index contributed by atoms with van der Waals surface area (Å²) in [5.74, 6) is 0. The maximum atomic E-state index is 6.26. The Hall–Kier alpha value is -0.580. The number of halogens is 1. The smallest absolute Gasteiger partial charge is 0.0860 e. The predicted molar refractivity (Wildman–Crippen MR) is 72.9 cm³/mol. The van der Waals surface area contributed by atoms with E-state index >= 15 is 0 Å². The average Bonchev–Trinajstić information content (AvgIpc) is 2.67. The normalized spacial score (nSPS) is 20.3. The van der Waals surface area contributed by atoms with E-state index in [-0.39, 0.29) is 0 Å². The second-order valence-electron chi connectivity index (χ2n) is 4.78. The van der Waals surface area contributed by atoms with Gasteiger partial charge in [-0.25, -0.2) is 0 Å². The fourth-order valence-corrected chi connectivity index (χ4v) is 2.56. The third-order valence-corrected chi connectivity index (χ3v) is 3.88. The van der Waals surface area contributed by atoms with Gasteiger partial charge in [-0.05, 0) is 33.1 Å². The summed E-state index contributed by atoms with van der Waals surface area (Å²) in [7, 11) is 0. The van der Waals surface area contributed by atoms with Gasteiger partial charge in [0, 0.05) is 26.2 Å². The van der Waals surface area contributed by atoms with Crippen LogP contribution in [0.25, 0.3) is 0 Å². The summed E-state index contributed by atoms with van der Waals surface area (Å²) in [6, 6.07) is 0. The molecule has 0 aliphatic carbocycles. The molecule has 0 radical (unpaired) electrons. The van der Waals surface area contributed by atoms with Crippen molar-refractivity contribution in [2.75, 3.05) is 13.2 Å². The highest BCUT2D eigenvalue weighted by molar-refractivity contribution is 6.31. The Kier molecular flexibility index (Phi) is 5.03. The molecule has 18 heavy (non-hydrogen) atoms. The number of nitrogens with one attached hydrogen (secondary N) is 1. The molecule has 1 aliphatic heterocycles. The Morgan fingerprint density at radius 2 is 2.33 bits per heavy atom. The number of hydrogen-bond donors (Lipinski definition) is 1. The van der Waals surface area contributed by atoms with Crippen molar-refractivity contribution in [2.45, 2.75) is 52.3 Å². The van der Waals surface area contributed by atoms with Gasteiger partial charge in [0.05, 0.1) is 22.5 Å². The van der Waals surface area contributed by atoms with E-state index in [9.17, 15) is 0 Å². The van der Waals surface area contributed by atoms with E-state index in [0.717, 1.165) is 49.1 Å². The van der Waals surface area contributed by atoms with Crippen molar-refractivity contribution in [3.05, 3.63) is 16.4 Å². The molecule has 0 saturated carbocycles. The number of rotatable bonds is 5. The monoisotopic (exact) mass is 271 g/mol. The molecular weight excluding hydrogens is 250 g/mol. The molecule has 0 amide bonds. The lowest BCUT2D eigenvalue weighted by atomic mass is 10.1. The minimum Gasteiger partial charge on any atom is -0.377 e. The van der Waals surface area contributed by atoms with Crippen LogP contribution in [-0.2, 0) is 17.8 Å². The lowest BCUT2D eigenvalue weighted by Gasteiger charge is -2.22. The Labute approximate surface area is 114 Å². The molecule has 1 N–H and O–H groups in total. The molecule has 1 atom stereocenters. The van der Waals surface area contributed by atoms with Crippen LogP contribution in [0.15, 0.2) is 0 Å². The van der Waals surface area contributed by atoms with Gasteiger partial charge >= 0.3 is 0 Å². The summed E-state index contributed by atoms with van der Waals surface area (Å²) in [5.41, 5.74) is 1.98. The summed E-state index contributed by atoms with van der Waals surface area (Å²) < 4.78 is 7.65. The minimum atomic E-state index is 0.358. The number of aryl methyl sites for hydroxylation is 2. The first kappa shape index (κ1) is 13.8. The van der Waals surface area contributed by atoms with Crippen molar-refractivity contribution in [1.82, 2.24) is 15.1 Å². The van der Waals surface area contributed by atoms with Crippen molar-refractivity contribution in [1.29, 1.82) is 0 Å². The number of aromatic nitrogens is 2. The van der Waals surface area contributed by atoms with Crippen LogP contribution in [-0.4, -0.2) is 29.0 Å². The SMILES string of the molecule is CCn1nc(C)c(Cl)c1CNCC1CCCCO1. The molecule has 2 rings (SSSR count). The number of nitrogens with zero attached hydrogens (tertiary/aromatic N) is 2. The second-order valence-corrected chi connectivity index (χ2v) is 5.16. The topological polar surface area (TPSA) is 39.1 Å². The van der Waals surface area contributed by atoms with E-state index in [1.54, 1.807) is 0 Å². The van der Waals surface area contributed by atoms with Crippen molar-refractivity contribution in [3.8, 4) is 0 Å². The van der Waals surface area contributed by atoms with Crippen molar-refractivity contribution in [3.63, 3.8) is 0 Å². The second kappa shape index (κ2) is 6.55. The van der Waals surface area contributed by atoms with Gasteiger partial charge in [0.1, 0.15) is 0 Å². The molecule has 0 aromatic carbocycles. The lowest BCUT2D eigenvalue weighted by Crippen LogP contribution is -2.32. The van der Waals surface area contributed by atoms with E-state index < -0.39 is 0 Å². The van der Waals surface area contributed by atoms with Gasteiger partial charge in [-0.2, -0.15) is 5.10 Å². The van der Waals surface area contributed by atoms with Gasteiger partial charge in [0.2, 0.25) is 0 Å². The molecule has 1 unspecified atom stereocenters. The van der Waals surface area contributed by atoms with Gasteiger partial charge in [-0.1, -0.05) is 11.6 Å². The summed E-state index contributed by atoms with van der Waals surface area (Å²) >= 11 is 6.26. The zero-order valence-corrected chi connectivity index (χ0v) is 12.0. The quantitative estimate of drug-likeness (QED) is 0.894. The third-order valence-electron chi connectivity index (χ3n) is 3.39. The predicted octanol–water partition coefficient (Wildman–Crippen LogP) is 2.52. The molecule has 1 aromatic heterocycles. The molecule has 4 nitrogen and oxygen atoms in total. The number of hydrogen-bond acceptors (Lipinski definition) is 3. The van der Waals surface area contributed by atoms with Crippen molar-refractivity contribution in [2.24, 2.45) is 0 Å². The Morgan fingerprint density at radius 3 is 3.00 bits per heavy atom. The molecular formula is C13H22ClN3O. The van der Waals surface area contributed by atoms with E-state index in [2.05, 4.69) is 17.3 Å². The largest absolute Gasteiger partial charge is 0.377 e. The first-order valence-electron chi connectivity index (χ1n) is 6.76. The standard InChI is InChI=1S/C13H22ClN3O/c1-3-17-12(13(14)10(2)16-17)9-15-8-11-6-4-5-7-18-11/h11,15H,3-9H2,1-2H3. The van der Waals surface area contributed by atoms with Gasteiger partial charge in [0.15, 0.2) is 0 Å². The Bertz CT molecular complexity index is 386. The molecule has 1 fully saturated rings. The van der Waals surface area contributed by atoms with Crippen LogP contribution in [0.3, 0.4) is 0 Å². The summed E-state index contributed by atoms with van der Waals surface area (Å²) in [4.78, 5) is 0. The van der Waals surface area contributed by atoms with Crippen LogP contribution >= 0.6 is 11.6 Å². The van der Waals surface area contributed by atoms with Crippen molar-refractivity contribution < 1.29 is 4.74 Å². The molecule has 0 spiro atoms. The van der Waals surface area contributed by atoms with Gasteiger partial charge in [0.25, 0.3) is 0 Å². The third kappa shape index (κ3) is 3.25. The van der Waals surface area contributed by atoms with Gasteiger partial charge in [-0.3, -0.25) is 4.68 Å². The minimum absolute atomic E-state index is 0.358. The van der Waals surface area contributed by atoms with Gasteiger partial charge < -0.3 is 10.1 Å². The first-order valence-corrected chi connectivity index (χ1v) is 7.14. The van der Waals surface area contributed by atoms with Crippen LogP contribution in [0.1, 0.15) is 37.6 Å². The summed E-state index contributed by atoms with van der Waals surface area (Å²) in [6.45, 7) is 7.43. The fraction of sp³-hybridized carbons (Fsp3) is 0.769. The van der Waals surface area contributed by atoms with E-state index in [1.165, 1.54) is 12.8 Å². The number of ether oxygens (including phenoxy) is 1. The van der Waals surface area contributed by atoms with Crippen LogP contribution in [0, 0.1) is 6.92 Å². The molecule has 2 heterocycles. The van der Waals surface area contributed by atoms with Crippen LogP contribution in [0.5, 0.6) is 0 Å². The van der Waals surface area contributed by atoms with Crippen molar-refractivity contribution >= 4 is 11.6 Å². The first-order chi connectivity index (χ1) is 8.72.